The molecule has 14 heavy (non-hydrogen) atoms. The molecule has 1 aliphatic rings. The van der Waals surface area contributed by atoms with Crippen molar-refractivity contribution in [3.8, 4) is 0 Å². The van der Waals surface area contributed by atoms with Crippen LogP contribution in [0.5, 0.6) is 0 Å². The second-order valence-electron chi connectivity index (χ2n) is 4.67. The fourth-order valence-electron chi connectivity index (χ4n) is 1.16. The van der Waals surface area contributed by atoms with Gasteiger partial charge in [0.25, 0.3) is 0 Å². The summed E-state index contributed by atoms with van der Waals surface area (Å²) in [7, 11) is 0. The van der Waals surface area contributed by atoms with Gasteiger partial charge >= 0.3 is 0 Å². The van der Waals surface area contributed by atoms with Gasteiger partial charge < -0.3 is 9.29 Å². The van der Waals surface area contributed by atoms with E-state index < -0.39 is 11.4 Å². The van der Waals surface area contributed by atoms with Crippen molar-refractivity contribution in [1.29, 1.82) is 0 Å². The smallest absolute Gasteiger partial charge is 0.144 e. The molecule has 0 unspecified atom stereocenters. The lowest BCUT2D eigenvalue weighted by molar-refractivity contribution is 0.110. The summed E-state index contributed by atoms with van der Waals surface area (Å²) in [5.41, 5.74) is 1.05. The number of nitrogens with zero attached hydrogens (tertiary/aromatic N) is 1. The Morgan fingerprint density at radius 3 is 2.64 bits per heavy atom. The van der Waals surface area contributed by atoms with E-state index in [4.69, 9.17) is 4.74 Å². The molecule has 0 spiro atoms. The molecule has 0 N–H and O–H groups in total. The zero-order valence-electron chi connectivity index (χ0n) is 9.37. The predicted octanol–water partition coefficient (Wildman–Crippen LogP) is 1.95. The molecular formula is C10H19NO2S. The minimum absolute atomic E-state index is 0.259. The Labute approximate surface area is 89.3 Å². The third kappa shape index (κ3) is 3.26. The Kier molecular flexibility index (Phi) is 3.98. The van der Waals surface area contributed by atoms with Crippen molar-refractivity contribution in [1.82, 2.24) is 0 Å². The van der Waals surface area contributed by atoms with Crippen molar-refractivity contribution in [3.05, 3.63) is 0 Å². The molecule has 0 radical (unpaired) electrons. The van der Waals surface area contributed by atoms with Gasteiger partial charge in [0, 0.05) is 12.3 Å². The number of ether oxygens (including phenoxy) is 1. The third-order valence-corrected chi connectivity index (χ3v) is 3.61. The van der Waals surface area contributed by atoms with Gasteiger partial charge in [-0.2, -0.15) is 0 Å². The first-order valence-electron chi connectivity index (χ1n) is 4.98. The van der Waals surface area contributed by atoms with Crippen molar-refractivity contribution in [3.63, 3.8) is 0 Å². The van der Waals surface area contributed by atoms with Gasteiger partial charge in [-0.15, -0.1) is 0 Å². The lowest BCUT2D eigenvalue weighted by Gasteiger charge is -2.23. The summed E-state index contributed by atoms with van der Waals surface area (Å²) in [5.74, 6) is 0.315. The van der Waals surface area contributed by atoms with Crippen LogP contribution in [0.25, 0.3) is 0 Å². The predicted molar refractivity (Wildman–Crippen MR) is 59.9 cm³/mol. The maximum Gasteiger partial charge on any atom is 0.144 e. The van der Waals surface area contributed by atoms with Crippen LogP contribution in [-0.2, 0) is 16.1 Å². The van der Waals surface area contributed by atoms with Gasteiger partial charge in [-0.3, -0.25) is 0 Å². The second-order valence-corrected chi connectivity index (χ2v) is 6.58. The summed E-state index contributed by atoms with van der Waals surface area (Å²) in [5, 5.41) is 0. The van der Waals surface area contributed by atoms with Crippen LogP contribution < -0.4 is 0 Å². The van der Waals surface area contributed by atoms with Gasteiger partial charge in [-0.05, 0) is 20.8 Å². The van der Waals surface area contributed by atoms with E-state index in [1.807, 2.05) is 20.8 Å². The summed E-state index contributed by atoms with van der Waals surface area (Å²) < 4.78 is 21.1. The molecule has 1 aliphatic heterocycles. The Hall–Kier alpha value is -0.0600. The van der Waals surface area contributed by atoms with Gasteiger partial charge in [0.05, 0.1) is 18.9 Å². The van der Waals surface area contributed by atoms with E-state index in [1.54, 1.807) is 0 Å². The molecule has 0 aromatic rings. The zero-order valence-corrected chi connectivity index (χ0v) is 10.2. The molecule has 0 aliphatic carbocycles. The first-order chi connectivity index (χ1) is 6.41. The van der Waals surface area contributed by atoms with Crippen LogP contribution >= 0.6 is 0 Å². The third-order valence-electron chi connectivity index (χ3n) is 2.16. The molecule has 0 amide bonds. The topological polar surface area (TPSA) is 44.6 Å². The maximum absolute atomic E-state index is 11.8. The van der Waals surface area contributed by atoms with Gasteiger partial charge in [-0.1, -0.05) is 11.3 Å². The van der Waals surface area contributed by atoms with E-state index in [2.05, 4.69) is 11.3 Å². The maximum atomic E-state index is 11.8. The molecule has 1 saturated heterocycles. The van der Waals surface area contributed by atoms with E-state index in [0.29, 0.717) is 19.1 Å². The van der Waals surface area contributed by atoms with E-state index in [-0.39, 0.29) is 4.75 Å². The lowest BCUT2D eigenvalue weighted by Crippen LogP contribution is -2.31. The molecule has 0 saturated carbocycles. The van der Waals surface area contributed by atoms with Crippen LogP contribution in [-0.4, -0.2) is 28.2 Å². The van der Waals surface area contributed by atoms with Crippen LogP contribution in [0.2, 0.25) is 0 Å². The van der Waals surface area contributed by atoms with Gasteiger partial charge in [0.2, 0.25) is 0 Å². The van der Waals surface area contributed by atoms with E-state index in [0.717, 1.165) is 12.1 Å². The normalized spacial score (nSPS) is 29.2. The molecule has 0 bridgehead atoms. The molecule has 1 heterocycles. The Balaban J connectivity index is 2.66. The second kappa shape index (κ2) is 4.64. The van der Waals surface area contributed by atoms with Crippen molar-refractivity contribution >= 4 is 17.1 Å². The SMILES string of the molecule is C[C@H]1COCC/C1=N\[S@+]([O-])C(C)(C)C. The van der Waals surface area contributed by atoms with E-state index >= 15 is 0 Å². The molecule has 82 valence electrons. The summed E-state index contributed by atoms with van der Waals surface area (Å²) in [6.07, 6.45) is 0.822. The molecule has 3 nitrogen and oxygen atoms in total. The van der Waals surface area contributed by atoms with Crippen molar-refractivity contribution in [2.45, 2.75) is 38.9 Å². The molecule has 2 atom stereocenters. The minimum atomic E-state index is -1.12. The number of hydrogen-bond donors (Lipinski definition) is 0. The summed E-state index contributed by atoms with van der Waals surface area (Å²) in [6, 6.07) is 0. The van der Waals surface area contributed by atoms with Crippen LogP contribution in [0.1, 0.15) is 34.1 Å². The summed E-state index contributed by atoms with van der Waals surface area (Å²) in [6.45, 7) is 9.31. The number of rotatable bonds is 1. The van der Waals surface area contributed by atoms with Crippen LogP contribution in [0.4, 0.5) is 0 Å². The molecule has 4 heteroatoms. The van der Waals surface area contributed by atoms with Crippen LogP contribution in [0.15, 0.2) is 4.40 Å². The van der Waals surface area contributed by atoms with Crippen LogP contribution in [0.3, 0.4) is 0 Å². The summed E-state index contributed by atoms with van der Waals surface area (Å²) >= 11 is -1.12. The highest BCUT2D eigenvalue weighted by molar-refractivity contribution is 7.91. The first-order valence-corrected chi connectivity index (χ1v) is 6.09. The fraction of sp³-hybridized carbons (Fsp3) is 0.900. The quantitative estimate of drug-likeness (QED) is 0.630. The fourth-order valence-corrected chi connectivity index (χ4v) is 1.92. The first kappa shape index (κ1) is 12.0. The zero-order chi connectivity index (χ0) is 10.8. The lowest BCUT2D eigenvalue weighted by atomic mass is 10.0. The average molecular weight is 217 g/mol. The Morgan fingerprint density at radius 2 is 2.14 bits per heavy atom. The standard InChI is InChI=1S/C10H19NO2S/c1-8-7-13-6-5-9(8)11-14(12)10(2,3)4/h8H,5-7H2,1-4H3/b11-9+/t8-,14+/m0/s1. The highest BCUT2D eigenvalue weighted by Gasteiger charge is 2.29. The molecule has 1 rings (SSSR count). The highest BCUT2D eigenvalue weighted by Crippen LogP contribution is 2.20. The highest BCUT2D eigenvalue weighted by atomic mass is 32.2. The Bertz CT molecular complexity index is 223. The van der Waals surface area contributed by atoms with Crippen molar-refractivity contribution < 1.29 is 9.29 Å². The average Bonchev–Trinajstić information content (AvgIpc) is 2.07. The largest absolute Gasteiger partial charge is 0.591 e. The molecule has 0 aromatic heterocycles. The monoisotopic (exact) mass is 217 g/mol. The van der Waals surface area contributed by atoms with E-state index in [1.165, 1.54) is 0 Å². The van der Waals surface area contributed by atoms with Crippen molar-refractivity contribution in [2.75, 3.05) is 13.2 Å². The molecular weight excluding hydrogens is 198 g/mol. The van der Waals surface area contributed by atoms with Gasteiger partial charge in [0.1, 0.15) is 16.1 Å². The van der Waals surface area contributed by atoms with Gasteiger partial charge in [-0.25, -0.2) is 0 Å². The van der Waals surface area contributed by atoms with Crippen molar-refractivity contribution in [2.24, 2.45) is 10.3 Å². The minimum Gasteiger partial charge on any atom is -0.591 e. The van der Waals surface area contributed by atoms with Crippen LogP contribution in [0, 0.1) is 5.92 Å². The molecule has 0 aromatic carbocycles. The number of hydrogen-bond acceptors (Lipinski definition) is 3. The Morgan fingerprint density at radius 1 is 1.50 bits per heavy atom. The molecule has 1 fully saturated rings. The van der Waals surface area contributed by atoms with E-state index in [9.17, 15) is 4.55 Å². The summed E-state index contributed by atoms with van der Waals surface area (Å²) in [4.78, 5) is 0. The van der Waals surface area contributed by atoms with Gasteiger partial charge in [0.15, 0.2) is 0 Å².